The number of anilines is 1. The second-order valence-corrected chi connectivity index (χ2v) is 5.52. The Labute approximate surface area is 122 Å². The van der Waals surface area contributed by atoms with Gasteiger partial charge in [-0.3, -0.25) is 0 Å². The van der Waals surface area contributed by atoms with Crippen molar-refractivity contribution >= 4 is 17.4 Å². The molecule has 2 aromatic rings. The summed E-state index contributed by atoms with van der Waals surface area (Å²) < 4.78 is 15.9. The number of aromatic nitrogens is 3. The highest BCUT2D eigenvalue weighted by Crippen LogP contribution is 2.27. The number of hydrogen-bond acceptors (Lipinski definition) is 3. The van der Waals surface area contributed by atoms with Crippen LogP contribution in [0.15, 0.2) is 24.7 Å². The Morgan fingerprint density at radius 2 is 2.20 bits per heavy atom. The van der Waals surface area contributed by atoms with Gasteiger partial charge in [-0.25, -0.2) is 14.4 Å². The van der Waals surface area contributed by atoms with Crippen molar-refractivity contribution in [3.8, 4) is 0 Å². The van der Waals surface area contributed by atoms with E-state index in [1.165, 1.54) is 12.3 Å². The third kappa shape index (κ3) is 2.50. The summed E-state index contributed by atoms with van der Waals surface area (Å²) in [5.41, 5.74) is 0. The summed E-state index contributed by atoms with van der Waals surface area (Å²) in [6.07, 6.45) is 6.24. The molecule has 1 aliphatic rings. The summed E-state index contributed by atoms with van der Waals surface area (Å²) in [7, 11) is 0. The van der Waals surface area contributed by atoms with E-state index >= 15 is 0 Å². The number of nitrogens with zero attached hydrogens (tertiary/aromatic N) is 4. The van der Waals surface area contributed by atoms with Gasteiger partial charge in [0.25, 0.3) is 0 Å². The van der Waals surface area contributed by atoms with Gasteiger partial charge in [-0.15, -0.1) is 0 Å². The zero-order valence-electron chi connectivity index (χ0n) is 11.3. The van der Waals surface area contributed by atoms with Crippen molar-refractivity contribution in [3.63, 3.8) is 0 Å². The van der Waals surface area contributed by atoms with Crippen LogP contribution in [0.2, 0.25) is 5.02 Å². The lowest BCUT2D eigenvalue weighted by molar-refractivity contribution is 0.347. The Morgan fingerprint density at radius 1 is 1.40 bits per heavy atom. The normalized spacial score (nSPS) is 15.4. The molecule has 0 saturated carbocycles. The molecule has 0 aromatic carbocycles. The largest absolute Gasteiger partial charge is 0.353 e. The van der Waals surface area contributed by atoms with E-state index in [1.54, 1.807) is 0 Å². The summed E-state index contributed by atoms with van der Waals surface area (Å²) in [6, 6.07) is 1.31. The monoisotopic (exact) mass is 294 g/mol. The highest BCUT2D eigenvalue weighted by molar-refractivity contribution is 6.30. The van der Waals surface area contributed by atoms with Crippen LogP contribution in [-0.4, -0.2) is 27.6 Å². The predicted molar refractivity (Wildman–Crippen MR) is 76.5 cm³/mol. The molecular formula is C14H16ClFN4. The van der Waals surface area contributed by atoms with Gasteiger partial charge in [0.05, 0.1) is 5.02 Å². The van der Waals surface area contributed by atoms with Gasteiger partial charge in [0.15, 0.2) is 11.6 Å². The number of rotatable bonds is 4. The zero-order chi connectivity index (χ0) is 14.1. The van der Waals surface area contributed by atoms with E-state index in [2.05, 4.69) is 21.5 Å². The lowest BCUT2D eigenvalue weighted by Crippen LogP contribution is -2.49. The first-order valence-corrected chi connectivity index (χ1v) is 7.11. The molecule has 0 aliphatic carbocycles. The molecule has 20 heavy (non-hydrogen) atoms. The van der Waals surface area contributed by atoms with Gasteiger partial charge < -0.3 is 9.47 Å². The lowest BCUT2D eigenvalue weighted by atomic mass is 10.00. The average molecular weight is 295 g/mol. The maximum absolute atomic E-state index is 13.7. The summed E-state index contributed by atoms with van der Waals surface area (Å²) in [6.45, 7) is 4.65. The first kappa shape index (κ1) is 13.4. The van der Waals surface area contributed by atoms with Crippen LogP contribution in [0, 0.1) is 11.7 Å². The Kier molecular flexibility index (Phi) is 3.61. The molecule has 0 spiro atoms. The van der Waals surface area contributed by atoms with Crippen molar-refractivity contribution in [1.29, 1.82) is 0 Å². The molecule has 0 radical (unpaired) electrons. The third-order valence-electron chi connectivity index (χ3n) is 3.62. The number of halogens is 2. The second kappa shape index (κ2) is 5.40. The number of pyridine rings is 1. The molecule has 0 unspecified atom stereocenters. The van der Waals surface area contributed by atoms with Gasteiger partial charge >= 0.3 is 0 Å². The molecule has 3 heterocycles. The van der Waals surface area contributed by atoms with Crippen molar-refractivity contribution in [3.05, 3.63) is 41.3 Å². The molecule has 4 nitrogen and oxygen atoms in total. The molecule has 6 heteroatoms. The third-order valence-corrected chi connectivity index (χ3v) is 3.82. The molecule has 3 rings (SSSR count). The van der Waals surface area contributed by atoms with Crippen LogP contribution in [0.25, 0.3) is 0 Å². The highest BCUT2D eigenvalue weighted by Gasteiger charge is 2.30. The average Bonchev–Trinajstić information content (AvgIpc) is 2.81. The molecule has 0 atom stereocenters. The SMILES string of the molecule is CCc1nccn1CC1CN(c2ncc(Cl)cc2F)C1. The van der Waals surface area contributed by atoms with Crippen molar-refractivity contribution in [2.45, 2.75) is 19.9 Å². The quantitative estimate of drug-likeness (QED) is 0.869. The van der Waals surface area contributed by atoms with Gasteiger partial charge in [0.1, 0.15) is 5.82 Å². The number of imidazole rings is 1. The fraction of sp³-hybridized carbons (Fsp3) is 0.429. The number of aryl methyl sites for hydroxylation is 1. The first-order chi connectivity index (χ1) is 9.67. The Morgan fingerprint density at radius 3 is 2.90 bits per heavy atom. The number of hydrogen-bond donors (Lipinski definition) is 0. The maximum Gasteiger partial charge on any atom is 0.167 e. The van der Waals surface area contributed by atoms with Gasteiger partial charge in [-0.1, -0.05) is 18.5 Å². The molecule has 2 aromatic heterocycles. The zero-order valence-corrected chi connectivity index (χ0v) is 12.0. The van der Waals surface area contributed by atoms with E-state index in [9.17, 15) is 4.39 Å². The molecule has 1 aliphatic heterocycles. The molecular weight excluding hydrogens is 279 g/mol. The van der Waals surface area contributed by atoms with E-state index in [-0.39, 0.29) is 5.82 Å². The van der Waals surface area contributed by atoms with Crippen LogP contribution in [-0.2, 0) is 13.0 Å². The van der Waals surface area contributed by atoms with Gasteiger partial charge in [-0.05, 0) is 6.07 Å². The smallest absolute Gasteiger partial charge is 0.167 e. The highest BCUT2D eigenvalue weighted by atomic mass is 35.5. The van der Waals surface area contributed by atoms with E-state index in [4.69, 9.17) is 11.6 Å². The summed E-state index contributed by atoms with van der Waals surface area (Å²) in [5.74, 6) is 1.64. The first-order valence-electron chi connectivity index (χ1n) is 6.73. The predicted octanol–water partition coefficient (Wildman–Crippen LogP) is 2.77. The van der Waals surface area contributed by atoms with Crippen LogP contribution in [0.5, 0.6) is 0 Å². The topological polar surface area (TPSA) is 34.0 Å². The molecule has 0 amide bonds. The Bertz CT molecular complexity index is 607. The molecule has 1 saturated heterocycles. The second-order valence-electron chi connectivity index (χ2n) is 5.08. The summed E-state index contributed by atoms with van der Waals surface area (Å²) in [4.78, 5) is 10.3. The van der Waals surface area contributed by atoms with E-state index in [0.29, 0.717) is 16.8 Å². The minimum atomic E-state index is -0.354. The lowest BCUT2D eigenvalue weighted by Gasteiger charge is -2.40. The van der Waals surface area contributed by atoms with Crippen LogP contribution in [0.1, 0.15) is 12.7 Å². The molecule has 0 N–H and O–H groups in total. The fourth-order valence-corrected chi connectivity index (χ4v) is 2.74. The van der Waals surface area contributed by atoms with E-state index < -0.39 is 0 Å². The molecule has 106 valence electrons. The van der Waals surface area contributed by atoms with Crippen LogP contribution >= 0.6 is 11.6 Å². The molecule has 0 bridgehead atoms. The fourth-order valence-electron chi connectivity index (χ4n) is 2.60. The van der Waals surface area contributed by atoms with E-state index in [1.807, 2.05) is 17.3 Å². The van der Waals surface area contributed by atoms with Crippen molar-refractivity contribution in [1.82, 2.24) is 14.5 Å². The van der Waals surface area contributed by atoms with Crippen LogP contribution in [0.4, 0.5) is 10.2 Å². The summed E-state index contributed by atoms with van der Waals surface area (Å²) in [5, 5.41) is 0.328. The van der Waals surface area contributed by atoms with E-state index in [0.717, 1.165) is 31.9 Å². The molecule has 1 fully saturated rings. The van der Waals surface area contributed by atoms with Crippen molar-refractivity contribution in [2.75, 3.05) is 18.0 Å². The van der Waals surface area contributed by atoms with Gasteiger partial charge in [0.2, 0.25) is 0 Å². The Hall–Kier alpha value is -1.62. The standard InChI is InChI=1S/C14H16ClFN4/c1-2-13-17-3-4-19(13)7-10-8-20(9-10)14-12(16)5-11(15)6-18-14/h3-6,10H,2,7-9H2,1H3. The van der Waals surface area contributed by atoms with Gasteiger partial charge in [-0.2, -0.15) is 0 Å². The van der Waals surface area contributed by atoms with Gasteiger partial charge in [0, 0.05) is 50.6 Å². The Balaban J connectivity index is 1.61. The minimum absolute atomic E-state index is 0.328. The maximum atomic E-state index is 13.7. The van der Waals surface area contributed by atoms with Crippen LogP contribution < -0.4 is 4.90 Å². The van der Waals surface area contributed by atoms with Crippen LogP contribution in [0.3, 0.4) is 0 Å². The summed E-state index contributed by atoms with van der Waals surface area (Å²) >= 11 is 5.71. The van der Waals surface area contributed by atoms with Crippen molar-refractivity contribution in [2.24, 2.45) is 5.92 Å². The minimum Gasteiger partial charge on any atom is -0.353 e. The van der Waals surface area contributed by atoms with Crippen molar-refractivity contribution < 1.29 is 4.39 Å².